The Balaban J connectivity index is 1.97. The highest BCUT2D eigenvalue weighted by molar-refractivity contribution is 5.86. The third-order valence-corrected chi connectivity index (χ3v) is 4.26. The van der Waals surface area contributed by atoms with Crippen molar-refractivity contribution >= 4 is 10.9 Å². The molecule has 0 saturated heterocycles. The number of pyridine rings is 1. The lowest BCUT2D eigenvalue weighted by molar-refractivity contribution is 0.302. The number of nitrogens with zero attached hydrogens (tertiary/aromatic N) is 2. The number of hydrogen-bond donors (Lipinski definition) is 0. The Morgan fingerprint density at radius 2 is 1.87 bits per heavy atom. The van der Waals surface area contributed by atoms with Crippen molar-refractivity contribution in [2.45, 2.75) is 40.3 Å². The second-order valence-electron chi connectivity index (χ2n) is 5.76. The topological polar surface area (TPSA) is 27.1 Å². The Bertz CT molecular complexity index is 821. The summed E-state index contributed by atoms with van der Waals surface area (Å²) in [6.07, 6.45) is 2.89. The largest absolute Gasteiger partial charge is 0.487 e. The molecule has 0 aliphatic heterocycles. The Hall–Kier alpha value is -2.36. The zero-order valence-electron chi connectivity index (χ0n) is 13.8. The van der Waals surface area contributed by atoms with E-state index < -0.39 is 0 Å². The highest BCUT2D eigenvalue weighted by Crippen LogP contribution is 2.28. The molecule has 0 amide bonds. The molecule has 0 atom stereocenters. The monoisotopic (exact) mass is 312 g/mol. The predicted molar refractivity (Wildman–Crippen MR) is 90.2 cm³/mol. The summed E-state index contributed by atoms with van der Waals surface area (Å²) in [5, 5.41) is 1.23. The molecule has 0 aliphatic carbocycles. The van der Waals surface area contributed by atoms with Gasteiger partial charge in [0, 0.05) is 23.8 Å². The fourth-order valence-electron chi connectivity index (χ4n) is 2.96. The van der Waals surface area contributed by atoms with Crippen LogP contribution in [0.5, 0.6) is 5.75 Å². The van der Waals surface area contributed by atoms with E-state index in [2.05, 4.69) is 36.4 Å². The van der Waals surface area contributed by atoms with Crippen LogP contribution in [0, 0.1) is 19.7 Å². The summed E-state index contributed by atoms with van der Waals surface area (Å²) >= 11 is 0. The second-order valence-corrected chi connectivity index (χ2v) is 5.76. The molecule has 0 fully saturated rings. The first kappa shape index (κ1) is 15.5. The lowest BCUT2D eigenvalue weighted by atomic mass is 10.2. The Morgan fingerprint density at radius 3 is 2.57 bits per heavy atom. The molecular formula is C19H21FN2O. The maximum absolute atomic E-state index is 13.0. The van der Waals surface area contributed by atoms with E-state index in [0.29, 0.717) is 12.4 Å². The van der Waals surface area contributed by atoms with Gasteiger partial charge in [-0.15, -0.1) is 0 Å². The average molecular weight is 312 g/mol. The van der Waals surface area contributed by atoms with Gasteiger partial charge < -0.3 is 9.30 Å². The normalized spacial score (nSPS) is 11.1. The fraction of sp³-hybridized carbons (Fsp3) is 0.316. The minimum absolute atomic E-state index is 0.263. The number of halogens is 1. The lowest BCUT2D eigenvalue weighted by Crippen LogP contribution is -2.05. The fourth-order valence-corrected chi connectivity index (χ4v) is 2.96. The van der Waals surface area contributed by atoms with Crippen LogP contribution in [0.2, 0.25) is 0 Å². The van der Waals surface area contributed by atoms with Crippen LogP contribution in [0.15, 0.2) is 36.5 Å². The van der Waals surface area contributed by atoms with E-state index in [-0.39, 0.29) is 5.82 Å². The third-order valence-electron chi connectivity index (χ3n) is 4.26. The molecule has 0 unspecified atom stereocenters. The van der Waals surface area contributed by atoms with E-state index in [1.807, 2.05) is 6.20 Å². The number of hydrogen-bond acceptors (Lipinski definition) is 2. The number of aromatic nitrogens is 2. The van der Waals surface area contributed by atoms with Crippen LogP contribution < -0.4 is 4.74 Å². The van der Waals surface area contributed by atoms with Gasteiger partial charge in [-0.25, -0.2) is 4.39 Å². The maximum Gasteiger partial charge on any atom is 0.132 e. The van der Waals surface area contributed by atoms with Gasteiger partial charge in [-0.2, -0.15) is 0 Å². The van der Waals surface area contributed by atoms with Crippen LogP contribution in [0.1, 0.15) is 30.3 Å². The summed E-state index contributed by atoms with van der Waals surface area (Å²) in [5.74, 6) is 0.382. The van der Waals surface area contributed by atoms with Crippen molar-refractivity contribution in [1.82, 2.24) is 9.55 Å². The number of benzene rings is 1. The summed E-state index contributed by atoms with van der Waals surface area (Å²) in [6, 6.07) is 8.13. The average Bonchev–Trinajstić information content (AvgIpc) is 2.80. The molecule has 0 bridgehead atoms. The Kier molecular flexibility index (Phi) is 4.33. The van der Waals surface area contributed by atoms with E-state index in [9.17, 15) is 4.39 Å². The van der Waals surface area contributed by atoms with Gasteiger partial charge >= 0.3 is 0 Å². The number of rotatable bonds is 5. The first-order chi connectivity index (χ1) is 11.1. The van der Waals surface area contributed by atoms with Gasteiger partial charge in [0.05, 0.1) is 5.52 Å². The number of fused-ring (bicyclic) bond motifs is 1. The molecule has 2 heterocycles. The van der Waals surface area contributed by atoms with Crippen molar-refractivity contribution < 1.29 is 9.13 Å². The van der Waals surface area contributed by atoms with E-state index in [4.69, 9.17) is 4.74 Å². The third kappa shape index (κ3) is 2.93. The number of ether oxygens (including phenoxy) is 1. The van der Waals surface area contributed by atoms with Crippen LogP contribution in [-0.4, -0.2) is 9.55 Å². The highest BCUT2D eigenvalue weighted by Gasteiger charge is 2.15. The molecule has 4 heteroatoms. The van der Waals surface area contributed by atoms with E-state index in [0.717, 1.165) is 24.2 Å². The smallest absolute Gasteiger partial charge is 0.132 e. The standard InChI is InChI=1S/C19H21FN2O/c1-4-11-22-14(3)13(2)17-9-10-21-18(19(17)22)12-23-16-7-5-15(20)6-8-16/h5-10H,4,11-12H2,1-3H3. The van der Waals surface area contributed by atoms with Crippen molar-refractivity contribution in [2.75, 3.05) is 0 Å². The van der Waals surface area contributed by atoms with E-state index in [1.165, 1.54) is 28.8 Å². The molecule has 0 aliphatic rings. The van der Waals surface area contributed by atoms with Gasteiger partial charge in [-0.1, -0.05) is 6.92 Å². The second kappa shape index (κ2) is 6.41. The SMILES string of the molecule is CCCn1c(C)c(C)c2ccnc(COc3ccc(F)cc3)c21. The minimum atomic E-state index is -0.263. The summed E-state index contributed by atoms with van der Waals surface area (Å²) in [5.41, 5.74) is 4.62. The quantitative estimate of drug-likeness (QED) is 0.678. The van der Waals surface area contributed by atoms with E-state index in [1.54, 1.807) is 12.1 Å². The highest BCUT2D eigenvalue weighted by atomic mass is 19.1. The molecule has 1 aromatic carbocycles. The molecule has 2 aromatic heterocycles. The minimum Gasteiger partial charge on any atom is -0.487 e. The molecule has 3 nitrogen and oxygen atoms in total. The van der Waals surface area contributed by atoms with Crippen LogP contribution in [-0.2, 0) is 13.2 Å². The number of aryl methyl sites for hydroxylation is 2. The Labute approximate surface area is 135 Å². The van der Waals surface area contributed by atoms with Crippen molar-refractivity contribution in [3.05, 3.63) is 59.3 Å². The van der Waals surface area contributed by atoms with Crippen LogP contribution in [0.4, 0.5) is 4.39 Å². The van der Waals surface area contributed by atoms with Gasteiger partial charge in [0.2, 0.25) is 0 Å². The van der Waals surface area contributed by atoms with Gasteiger partial charge in [0.25, 0.3) is 0 Å². The first-order valence-corrected chi connectivity index (χ1v) is 7.93. The molecule has 3 aromatic rings. The molecule has 3 rings (SSSR count). The summed E-state index contributed by atoms with van der Waals surface area (Å²) < 4.78 is 21.1. The molecule has 0 radical (unpaired) electrons. The molecule has 0 saturated carbocycles. The van der Waals surface area contributed by atoms with Gasteiger partial charge in [-0.3, -0.25) is 4.98 Å². The van der Waals surface area contributed by atoms with Gasteiger partial charge in [0.15, 0.2) is 0 Å². The van der Waals surface area contributed by atoms with E-state index >= 15 is 0 Å². The van der Waals surface area contributed by atoms with Gasteiger partial charge in [0.1, 0.15) is 23.9 Å². The summed E-state index contributed by atoms with van der Waals surface area (Å²) in [7, 11) is 0. The maximum atomic E-state index is 13.0. The molecule has 0 N–H and O–H groups in total. The van der Waals surface area contributed by atoms with Crippen LogP contribution >= 0.6 is 0 Å². The summed E-state index contributed by atoms with van der Waals surface area (Å²) in [6.45, 7) is 7.80. The van der Waals surface area contributed by atoms with Crippen molar-refractivity contribution in [3.8, 4) is 5.75 Å². The Morgan fingerprint density at radius 1 is 1.13 bits per heavy atom. The molecule has 0 spiro atoms. The van der Waals surface area contributed by atoms with Gasteiger partial charge in [-0.05, 0) is 56.2 Å². The zero-order valence-corrected chi connectivity index (χ0v) is 13.8. The summed E-state index contributed by atoms with van der Waals surface area (Å²) in [4.78, 5) is 4.52. The molecular weight excluding hydrogens is 291 g/mol. The molecule has 120 valence electrons. The van der Waals surface area contributed by atoms with Crippen LogP contribution in [0.25, 0.3) is 10.9 Å². The zero-order chi connectivity index (χ0) is 16.4. The van der Waals surface area contributed by atoms with Crippen molar-refractivity contribution in [3.63, 3.8) is 0 Å². The predicted octanol–water partition coefficient (Wildman–Crippen LogP) is 4.78. The molecule has 23 heavy (non-hydrogen) atoms. The first-order valence-electron chi connectivity index (χ1n) is 7.93. The van der Waals surface area contributed by atoms with Crippen molar-refractivity contribution in [2.24, 2.45) is 0 Å². The lowest BCUT2D eigenvalue weighted by Gasteiger charge is -2.11. The van der Waals surface area contributed by atoms with Crippen LogP contribution in [0.3, 0.4) is 0 Å². The van der Waals surface area contributed by atoms with Crippen molar-refractivity contribution in [1.29, 1.82) is 0 Å².